The monoisotopic (exact) mass is 355 g/mol. The molecule has 0 fully saturated rings. The summed E-state index contributed by atoms with van der Waals surface area (Å²) >= 11 is 5.11. The maximum absolute atomic E-state index is 5.91. The fraction of sp³-hybridized carbons (Fsp3) is 0.286. The highest BCUT2D eigenvalue weighted by Crippen LogP contribution is 2.38. The molecule has 0 saturated carbocycles. The van der Waals surface area contributed by atoms with Crippen molar-refractivity contribution >= 4 is 27.3 Å². The van der Waals surface area contributed by atoms with Gasteiger partial charge in [0.25, 0.3) is 0 Å². The van der Waals surface area contributed by atoms with Gasteiger partial charge in [-0.3, -0.25) is 0 Å². The van der Waals surface area contributed by atoms with Crippen LogP contribution >= 0.6 is 27.3 Å². The second kappa shape index (κ2) is 6.03. The molecule has 6 heteroatoms. The second-order valence-electron chi connectivity index (χ2n) is 4.35. The van der Waals surface area contributed by atoms with Crippen molar-refractivity contribution in [1.29, 1.82) is 0 Å². The Morgan fingerprint density at radius 3 is 2.75 bits per heavy atom. The van der Waals surface area contributed by atoms with Crippen LogP contribution in [0.1, 0.15) is 10.4 Å². The molecule has 106 valence electrons. The number of halogens is 1. The lowest BCUT2D eigenvalue weighted by atomic mass is 10.1. The highest BCUT2D eigenvalue weighted by molar-refractivity contribution is 9.11. The number of rotatable bonds is 5. The SMILES string of the molecule is NCCc1cc2c(cc1OCc1ccc(Br)s1)OCO2. The van der Waals surface area contributed by atoms with Crippen LogP contribution in [0.25, 0.3) is 0 Å². The molecule has 0 saturated heterocycles. The molecule has 20 heavy (non-hydrogen) atoms. The Morgan fingerprint density at radius 2 is 2.05 bits per heavy atom. The van der Waals surface area contributed by atoms with Gasteiger partial charge in [-0.2, -0.15) is 0 Å². The molecule has 2 N–H and O–H groups in total. The first kappa shape index (κ1) is 13.7. The fourth-order valence-corrected chi connectivity index (χ4v) is 3.43. The van der Waals surface area contributed by atoms with E-state index in [-0.39, 0.29) is 6.79 Å². The number of ether oxygens (including phenoxy) is 3. The van der Waals surface area contributed by atoms with Crippen LogP contribution in [0.2, 0.25) is 0 Å². The van der Waals surface area contributed by atoms with Crippen LogP contribution in [0.4, 0.5) is 0 Å². The minimum absolute atomic E-state index is 0.263. The molecule has 1 aromatic carbocycles. The Balaban J connectivity index is 1.80. The van der Waals surface area contributed by atoms with Gasteiger partial charge in [0.15, 0.2) is 11.5 Å². The maximum atomic E-state index is 5.91. The topological polar surface area (TPSA) is 53.7 Å². The van der Waals surface area contributed by atoms with E-state index in [9.17, 15) is 0 Å². The van der Waals surface area contributed by atoms with Gasteiger partial charge in [0.05, 0.1) is 3.79 Å². The number of thiophene rings is 1. The Hall–Kier alpha value is -1.24. The van der Waals surface area contributed by atoms with Gasteiger partial charge >= 0.3 is 0 Å². The lowest BCUT2D eigenvalue weighted by Crippen LogP contribution is -2.05. The summed E-state index contributed by atoms with van der Waals surface area (Å²) in [5, 5.41) is 0. The minimum atomic E-state index is 0.263. The van der Waals surface area contributed by atoms with Crippen molar-refractivity contribution in [2.75, 3.05) is 13.3 Å². The molecule has 0 radical (unpaired) electrons. The normalized spacial score (nSPS) is 12.7. The number of nitrogens with two attached hydrogens (primary N) is 1. The molecule has 0 atom stereocenters. The zero-order chi connectivity index (χ0) is 13.9. The molecule has 0 aliphatic carbocycles. The van der Waals surface area contributed by atoms with E-state index in [2.05, 4.69) is 15.9 Å². The van der Waals surface area contributed by atoms with Gasteiger partial charge < -0.3 is 19.9 Å². The number of fused-ring (bicyclic) bond motifs is 1. The summed E-state index contributed by atoms with van der Waals surface area (Å²) in [6.07, 6.45) is 0.750. The van der Waals surface area contributed by atoms with Crippen LogP contribution in [0.3, 0.4) is 0 Å². The van der Waals surface area contributed by atoms with Crippen molar-refractivity contribution in [2.45, 2.75) is 13.0 Å². The van der Waals surface area contributed by atoms with Gasteiger partial charge in [-0.1, -0.05) is 0 Å². The Labute approximate surface area is 129 Å². The summed E-state index contributed by atoms with van der Waals surface area (Å²) in [5.41, 5.74) is 6.70. The van der Waals surface area contributed by atoms with Crippen LogP contribution in [0.15, 0.2) is 28.1 Å². The summed E-state index contributed by atoms with van der Waals surface area (Å²) in [6.45, 7) is 1.37. The minimum Gasteiger partial charge on any atom is -0.488 e. The molecular formula is C14H14BrNO3S. The van der Waals surface area contributed by atoms with E-state index in [1.54, 1.807) is 11.3 Å². The van der Waals surface area contributed by atoms with Crippen molar-refractivity contribution in [1.82, 2.24) is 0 Å². The highest BCUT2D eigenvalue weighted by Gasteiger charge is 2.18. The van der Waals surface area contributed by atoms with E-state index in [0.29, 0.717) is 13.2 Å². The molecule has 1 aromatic heterocycles. The summed E-state index contributed by atoms with van der Waals surface area (Å²) in [7, 11) is 0. The van der Waals surface area contributed by atoms with Gasteiger partial charge in [0.2, 0.25) is 6.79 Å². The molecule has 2 heterocycles. The smallest absolute Gasteiger partial charge is 0.231 e. The Bertz CT molecular complexity index is 614. The molecule has 2 aromatic rings. The van der Waals surface area contributed by atoms with E-state index in [1.807, 2.05) is 24.3 Å². The van der Waals surface area contributed by atoms with Gasteiger partial charge in [-0.15, -0.1) is 11.3 Å². The zero-order valence-corrected chi connectivity index (χ0v) is 13.1. The third-order valence-electron chi connectivity index (χ3n) is 2.97. The van der Waals surface area contributed by atoms with Crippen molar-refractivity contribution in [3.8, 4) is 17.2 Å². The summed E-state index contributed by atoms with van der Waals surface area (Å²) in [4.78, 5) is 1.16. The molecule has 4 nitrogen and oxygen atoms in total. The molecule has 3 rings (SSSR count). The molecule has 0 bridgehead atoms. The fourth-order valence-electron chi connectivity index (χ4n) is 2.03. The van der Waals surface area contributed by atoms with Crippen LogP contribution in [-0.2, 0) is 13.0 Å². The van der Waals surface area contributed by atoms with Crippen LogP contribution in [0, 0.1) is 0 Å². The predicted octanol–water partition coefficient (Wildman–Crippen LogP) is 3.32. The van der Waals surface area contributed by atoms with Gasteiger partial charge in [0, 0.05) is 10.9 Å². The quantitative estimate of drug-likeness (QED) is 0.893. The van der Waals surface area contributed by atoms with E-state index in [4.69, 9.17) is 19.9 Å². The molecule has 1 aliphatic heterocycles. The van der Waals surface area contributed by atoms with E-state index < -0.39 is 0 Å². The van der Waals surface area contributed by atoms with Crippen molar-refractivity contribution in [3.05, 3.63) is 38.5 Å². The summed E-state index contributed by atoms with van der Waals surface area (Å²) in [5.74, 6) is 2.30. The largest absolute Gasteiger partial charge is 0.488 e. The summed E-state index contributed by atoms with van der Waals surface area (Å²) < 4.78 is 17.8. The lowest BCUT2D eigenvalue weighted by Gasteiger charge is -2.11. The van der Waals surface area contributed by atoms with Crippen LogP contribution in [-0.4, -0.2) is 13.3 Å². The van der Waals surface area contributed by atoms with Crippen molar-refractivity contribution in [3.63, 3.8) is 0 Å². The number of hydrogen-bond donors (Lipinski definition) is 1. The first-order valence-corrected chi connectivity index (χ1v) is 7.87. The standard InChI is InChI=1S/C14H14BrNO3S/c15-14-2-1-10(20-14)7-17-11-6-13-12(18-8-19-13)5-9(11)3-4-16/h1-2,5-6H,3-4,7-8,16H2. The average Bonchev–Trinajstić information content (AvgIpc) is 3.04. The third-order valence-corrected chi connectivity index (χ3v) is 4.57. The molecule has 0 unspecified atom stereocenters. The van der Waals surface area contributed by atoms with Gasteiger partial charge in [-0.25, -0.2) is 0 Å². The maximum Gasteiger partial charge on any atom is 0.231 e. The van der Waals surface area contributed by atoms with Crippen LogP contribution < -0.4 is 19.9 Å². The molecular weight excluding hydrogens is 342 g/mol. The first-order chi connectivity index (χ1) is 9.76. The summed E-state index contributed by atoms with van der Waals surface area (Å²) in [6, 6.07) is 7.90. The van der Waals surface area contributed by atoms with E-state index >= 15 is 0 Å². The highest BCUT2D eigenvalue weighted by atomic mass is 79.9. The van der Waals surface area contributed by atoms with Crippen molar-refractivity contribution < 1.29 is 14.2 Å². The molecule has 1 aliphatic rings. The Kier molecular flexibility index (Phi) is 4.14. The van der Waals surface area contributed by atoms with E-state index in [1.165, 1.54) is 0 Å². The first-order valence-electron chi connectivity index (χ1n) is 6.26. The number of hydrogen-bond acceptors (Lipinski definition) is 5. The van der Waals surface area contributed by atoms with Gasteiger partial charge in [-0.05, 0) is 52.7 Å². The molecule has 0 spiro atoms. The van der Waals surface area contributed by atoms with E-state index in [0.717, 1.165) is 37.9 Å². The molecule has 0 amide bonds. The second-order valence-corrected chi connectivity index (χ2v) is 6.89. The zero-order valence-electron chi connectivity index (χ0n) is 10.7. The Morgan fingerprint density at radius 1 is 1.25 bits per heavy atom. The predicted molar refractivity (Wildman–Crippen MR) is 81.7 cm³/mol. The lowest BCUT2D eigenvalue weighted by molar-refractivity contribution is 0.173. The average molecular weight is 356 g/mol. The number of benzene rings is 1. The van der Waals surface area contributed by atoms with Crippen molar-refractivity contribution in [2.24, 2.45) is 5.73 Å². The van der Waals surface area contributed by atoms with Gasteiger partial charge in [0.1, 0.15) is 12.4 Å². The third kappa shape index (κ3) is 2.92. The van der Waals surface area contributed by atoms with Crippen LogP contribution in [0.5, 0.6) is 17.2 Å².